The minimum atomic E-state index is -0.823. The molecule has 0 radical (unpaired) electrons. The second-order valence-electron chi connectivity index (χ2n) is 16.3. The fourth-order valence-corrected chi connectivity index (χ4v) is 6.84. The molecule has 0 aliphatic carbocycles. The van der Waals surface area contributed by atoms with E-state index in [1.807, 2.05) is 66.8 Å². The Morgan fingerprint density at radius 1 is 0.533 bits per heavy atom. The van der Waals surface area contributed by atoms with E-state index in [2.05, 4.69) is 50.4 Å². The number of aliphatic hydroxyl groups is 2. The Morgan fingerprint density at radius 2 is 1.00 bits per heavy atom. The van der Waals surface area contributed by atoms with Crippen LogP contribution in [0.25, 0.3) is 0 Å². The van der Waals surface area contributed by atoms with Crippen molar-refractivity contribution in [2.45, 2.75) is 225 Å². The number of ether oxygens (including phenoxy) is 1. The van der Waals surface area contributed by atoms with Crippen molar-refractivity contribution in [3.05, 3.63) is 97.2 Å². The lowest BCUT2D eigenvalue weighted by Crippen LogP contribution is -2.46. The monoisotopic (exact) mass is 834 g/mol. The predicted molar refractivity (Wildman–Crippen MR) is 259 cm³/mol. The molecule has 0 fully saturated rings. The summed E-state index contributed by atoms with van der Waals surface area (Å²) in [5.41, 5.74) is 0. The SMILES string of the molecule is CC\C=C/C=C/C=C/C=C\C=C\C=C\CCCCCC(=O)OC(/C=C/C/C=C\CCCCCCCC)CC(=O)NC(CO)C(O)CCCCCCCCCCCCCCC. The topological polar surface area (TPSA) is 95.9 Å². The molecule has 6 nitrogen and oxygen atoms in total. The van der Waals surface area contributed by atoms with Gasteiger partial charge in [-0.1, -0.05) is 234 Å². The molecule has 342 valence electrons. The van der Waals surface area contributed by atoms with Crippen LogP contribution in [0.2, 0.25) is 0 Å². The summed E-state index contributed by atoms with van der Waals surface area (Å²) in [5, 5.41) is 23.6. The molecule has 0 bridgehead atoms. The minimum absolute atomic E-state index is 0.0524. The first-order chi connectivity index (χ1) is 29.5. The van der Waals surface area contributed by atoms with Crippen molar-refractivity contribution in [1.29, 1.82) is 0 Å². The van der Waals surface area contributed by atoms with Crippen molar-refractivity contribution in [1.82, 2.24) is 5.32 Å². The maximum absolute atomic E-state index is 13.1. The quantitative estimate of drug-likeness (QED) is 0.0246. The molecule has 60 heavy (non-hydrogen) atoms. The zero-order valence-corrected chi connectivity index (χ0v) is 38.8. The second kappa shape index (κ2) is 46.8. The highest BCUT2D eigenvalue weighted by Gasteiger charge is 2.23. The standard InChI is InChI=1S/C54H91NO5/c1-4-7-10-13-16-19-22-24-25-26-27-29-32-35-38-41-44-47-54(59)60-50(45-42-39-36-33-30-21-18-15-12-9-6-3)48-53(58)55-51(49-56)52(57)46-43-40-37-34-31-28-23-20-17-14-11-8-5-2/h7,10,13,16,19,22,24-27,29,32-33,36,42,45,50-52,56-57H,4-6,8-9,11-12,14-15,17-18,20-21,23,28,30-31,34-35,37-41,43-44,46-49H2,1-3H3,(H,55,58)/b10-7-,16-13+,22-19+,25-24-,27-26+,32-29+,36-33-,45-42+. The summed E-state index contributed by atoms with van der Waals surface area (Å²) < 4.78 is 5.79. The third-order valence-corrected chi connectivity index (χ3v) is 10.6. The van der Waals surface area contributed by atoms with Crippen molar-refractivity contribution in [2.75, 3.05) is 6.61 Å². The average Bonchev–Trinajstić information content (AvgIpc) is 3.24. The largest absolute Gasteiger partial charge is 0.458 e. The molecule has 0 aromatic heterocycles. The first-order valence-electron chi connectivity index (χ1n) is 24.6. The molecule has 3 unspecified atom stereocenters. The first-order valence-corrected chi connectivity index (χ1v) is 24.6. The lowest BCUT2D eigenvalue weighted by Gasteiger charge is -2.23. The molecule has 0 aliphatic rings. The summed E-state index contributed by atoms with van der Waals surface area (Å²) in [4.78, 5) is 26.0. The van der Waals surface area contributed by atoms with E-state index in [1.165, 1.54) is 103 Å². The maximum atomic E-state index is 13.1. The van der Waals surface area contributed by atoms with Crippen LogP contribution in [0.4, 0.5) is 0 Å². The Hall–Kier alpha value is -3.22. The van der Waals surface area contributed by atoms with Crippen molar-refractivity contribution in [3.8, 4) is 0 Å². The number of aliphatic hydroxyl groups excluding tert-OH is 2. The van der Waals surface area contributed by atoms with E-state index in [4.69, 9.17) is 4.74 Å². The molecular weight excluding hydrogens is 743 g/mol. The van der Waals surface area contributed by atoms with Gasteiger partial charge in [-0.3, -0.25) is 9.59 Å². The van der Waals surface area contributed by atoms with Gasteiger partial charge in [-0.2, -0.15) is 0 Å². The van der Waals surface area contributed by atoms with Crippen LogP contribution in [0, 0.1) is 0 Å². The molecule has 0 aliphatic heterocycles. The van der Waals surface area contributed by atoms with Crippen LogP contribution in [0.5, 0.6) is 0 Å². The van der Waals surface area contributed by atoms with E-state index in [1.54, 1.807) is 6.08 Å². The summed E-state index contributed by atoms with van der Waals surface area (Å²) in [5.74, 6) is -0.663. The number of rotatable bonds is 42. The highest BCUT2D eigenvalue weighted by atomic mass is 16.5. The van der Waals surface area contributed by atoms with Gasteiger partial charge in [0.25, 0.3) is 0 Å². The molecule has 3 atom stereocenters. The summed E-state index contributed by atoms with van der Waals surface area (Å²) in [6.07, 6.45) is 62.0. The number of hydrogen-bond donors (Lipinski definition) is 3. The molecule has 0 aromatic rings. The summed E-state index contributed by atoms with van der Waals surface area (Å²) in [6, 6.07) is -0.746. The van der Waals surface area contributed by atoms with E-state index in [9.17, 15) is 19.8 Å². The van der Waals surface area contributed by atoms with Gasteiger partial charge in [0.2, 0.25) is 5.91 Å². The number of unbranched alkanes of at least 4 members (excludes halogenated alkanes) is 21. The third-order valence-electron chi connectivity index (χ3n) is 10.6. The normalized spacial score (nSPS) is 14.2. The maximum Gasteiger partial charge on any atom is 0.306 e. The van der Waals surface area contributed by atoms with Gasteiger partial charge in [0.05, 0.1) is 25.2 Å². The highest BCUT2D eigenvalue weighted by Crippen LogP contribution is 2.15. The lowest BCUT2D eigenvalue weighted by molar-refractivity contribution is -0.148. The van der Waals surface area contributed by atoms with E-state index < -0.39 is 18.2 Å². The lowest BCUT2D eigenvalue weighted by atomic mass is 10.0. The fourth-order valence-electron chi connectivity index (χ4n) is 6.84. The Labute approximate surface area is 369 Å². The zero-order valence-electron chi connectivity index (χ0n) is 38.8. The minimum Gasteiger partial charge on any atom is -0.458 e. The molecular formula is C54H91NO5. The molecule has 1 amide bonds. The number of hydrogen-bond acceptors (Lipinski definition) is 5. The van der Waals surface area contributed by atoms with Gasteiger partial charge in [-0.25, -0.2) is 0 Å². The summed E-state index contributed by atoms with van der Waals surface area (Å²) in [7, 11) is 0. The van der Waals surface area contributed by atoms with Crippen LogP contribution in [0.15, 0.2) is 97.2 Å². The third kappa shape index (κ3) is 41.5. The molecule has 0 saturated heterocycles. The molecule has 0 spiro atoms. The van der Waals surface area contributed by atoms with Gasteiger partial charge in [0, 0.05) is 6.42 Å². The Morgan fingerprint density at radius 3 is 1.53 bits per heavy atom. The summed E-state index contributed by atoms with van der Waals surface area (Å²) >= 11 is 0. The van der Waals surface area contributed by atoms with Crippen LogP contribution in [0.3, 0.4) is 0 Å². The smallest absolute Gasteiger partial charge is 0.306 e. The molecule has 0 saturated carbocycles. The van der Waals surface area contributed by atoms with Crippen molar-refractivity contribution in [3.63, 3.8) is 0 Å². The van der Waals surface area contributed by atoms with E-state index in [-0.39, 0.29) is 24.9 Å². The number of esters is 1. The number of carbonyl (C=O) groups excluding carboxylic acids is 2. The molecule has 3 N–H and O–H groups in total. The number of nitrogens with one attached hydrogen (secondary N) is 1. The zero-order chi connectivity index (χ0) is 43.8. The number of allylic oxidation sites excluding steroid dienone is 15. The Kier molecular flexibility index (Phi) is 44.3. The van der Waals surface area contributed by atoms with E-state index in [0.29, 0.717) is 19.3 Å². The van der Waals surface area contributed by atoms with Gasteiger partial charge in [-0.15, -0.1) is 0 Å². The molecule has 0 aromatic carbocycles. The number of amides is 1. The van der Waals surface area contributed by atoms with Crippen LogP contribution in [-0.4, -0.2) is 46.9 Å². The Bertz CT molecular complexity index is 1210. The Balaban J connectivity index is 4.74. The van der Waals surface area contributed by atoms with Gasteiger partial charge in [-0.05, 0) is 57.4 Å². The highest BCUT2D eigenvalue weighted by molar-refractivity contribution is 5.78. The fraction of sp³-hybridized carbons (Fsp3) is 0.667. The molecule has 6 heteroatoms. The number of carbonyl (C=O) groups is 2. The van der Waals surface area contributed by atoms with Crippen LogP contribution in [0.1, 0.15) is 207 Å². The first kappa shape index (κ1) is 56.8. The van der Waals surface area contributed by atoms with Crippen LogP contribution in [-0.2, 0) is 14.3 Å². The van der Waals surface area contributed by atoms with Gasteiger partial charge >= 0.3 is 5.97 Å². The van der Waals surface area contributed by atoms with Crippen molar-refractivity contribution < 1.29 is 24.5 Å². The second-order valence-corrected chi connectivity index (χ2v) is 16.3. The average molecular weight is 834 g/mol. The summed E-state index contributed by atoms with van der Waals surface area (Å²) in [6.45, 7) is 6.27. The predicted octanol–water partition coefficient (Wildman–Crippen LogP) is 14.6. The van der Waals surface area contributed by atoms with Crippen molar-refractivity contribution in [2.24, 2.45) is 0 Å². The van der Waals surface area contributed by atoms with E-state index in [0.717, 1.165) is 57.8 Å². The van der Waals surface area contributed by atoms with Crippen molar-refractivity contribution >= 4 is 11.9 Å². The van der Waals surface area contributed by atoms with Crippen LogP contribution >= 0.6 is 0 Å². The molecule has 0 heterocycles. The van der Waals surface area contributed by atoms with Gasteiger partial charge in [0.1, 0.15) is 6.10 Å². The van der Waals surface area contributed by atoms with Crippen LogP contribution < -0.4 is 5.32 Å². The van der Waals surface area contributed by atoms with Gasteiger partial charge < -0.3 is 20.3 Å². The molecule has 0 rings (SSSR count). The van der Waals surface area contributed by atoms with E-state index >= 15 is 0 Å². The van der Waals surface area contributed by atoms with Gasteiger partial charge in [0.15, 0.2) is 0 Å².